The largest absolute Gasteiger partial charge is 0.493 e. The number of aryl methyl sites for hydroxylation is 1. The number of ether oxygens (including phenoxy) is 2. The molecule has 1 unspecified atom stereocenters. The van der Waals surface area contributed by atoms with Crippen molar-refractivity contribution in [2.24, 2.45) is 5.73 Å². The maximum Gasteiger partial charge on any atom is 0.174 e. The fourth-order valence-electron chi connectivity index (χ4n) is 1.96. The highest BCUT2D eigenvalue weighted by molar-refractivity contribution is 5.43. The minimum absolute atomic E-state index is 0.114. The average Bonchev–Trinajstić information content (AvgIpc) is 2.82. The van der Waals surface area contributed by atoms with E-state index >= 15 is 0 Å². The van der Waals surface area contributed by atoms with Gasteiger partial charge in [-0.15, -0.1) is 0 Å². The summed E-state index contributed by atoms with van der Waals surface area (Å²) in [7, 11) is 1.62. The molecule has 108 valence electrons. The third-order valence-electron chi connectivity index (χ3n) is 2.83. The molecule has 1 atom stereocenters. The third-order valence-corrected chi connectivity index (χ3v) is 2.83. The Labute approximate surface area is 118 Å². The molecule has 0 radical (unpaired) electrons. The van der Waals surface area contributed by atoms with E-state index in [9.17, 15) is 0 Å². The smallest absolute Gasteiger partial charge is 0.174 e. The van der Waals surface area contributed by atoms with Crippen LogP contribution in [0.1, 0.15) is 23.9 Å². The standard InChI is InChI=1S/C15H20N2O3/c1-10(16)6-12-4-5-14(15(8-12)18-3)19-9-13-7-11(2)17-20-13/h4-5,7-8,10H,6,9,16H2,1-3H3. The van der Waals surface area contributed by atoms with Gasteiger partial charge in [0.25, 0.3) is 0 Å². The number of hydrogen-bond acceptors (Lipinski definition) is 5. The van der Waals surface area contributed by atoms with Gasteiger partial charge in [-0.2, -0.15) is 0 Å². The van der Waals surface area contributed by atoms with Crippen molar-refractivity contribution in [1.29, 1.82) is 0 Å². The first-order valence-electron chi connectivity index (χ1n) is 6.56. The lowest BCUT2D eigenvalue weighted by Crippen LogP contribution is -2.17. The molecular formula is C15H20N2O3. The van der Waals surface area contributed by atoms with Crippen LogP contribution in [0.25, 0.3) is 0 Å². The number of aromatic nitrogens is 1. The lowest BCUT2D eigenvalue weighted by atomic mass is 10.1. The Morgan fingerprint density at radius 3 is 2.70 bits per heavy atom. The number of nitrogens with zero attached hydrogens (tertiary/aromatic N) is 1. The van der Waals surface area contributed by atoms with Crippen molar-refractivity contribution in [3.8, 4) is 11.5 Å². The average molecular weight is 276 g/mol. The molecule has 0 saturated carbocycles. The van der Waals surface area contributed by atoms with E-state index in [2.05, 4.69) is 5.16 Å². The Balaban J connectivity index is 2.07. The molecule has 5 nitrogen and oxygen atoms in total. The highest BCUT2D eigenvalue weighted by Crippen LogP contribution is 2.29. The molecule has 5 heteroatoms. The van der Waals surface area contributed by atoms with Gasteiger partial charge in [0.2, 0.25) is 0 Å². The molecule has 0 saturated heterocycles. The topological polar surface area (TPSA) is 70.5 Å². The van der Waals surface area contributed by atoms with Crippen molar-refractivity contribution < 1.29 is 14.0 Å². The van der Waals surface area contributed by atoms with Crippen LogP contribution in [0.15, 0.2) is 28.8 Å². The predicted octanol–water partition coefficient (Wildman–Crippen LogP) is 2.46. The van der Waals surface area contributed by atoms with Gasteiger partial charge < -0.3 is 19.7 Å². The monoisotopic (exact) mass is 276 g/mol. The first kappa shape index (κ1) is 14.4. The summed E-state index contributed by atoms with van der Waals surface area (Å²) in [5, 5.41) is 3.82. The van der Waals surface area contributed by atoms with Crippen LogP contribution in [0.5, 0.6) is 11.5 Å². The molecule has 2 N–H and O–H groups in total. The summed E-state index contributed by atoms with van der Waals surface area (Å²) in [5.41, 5.74) is 7.76. The second kappa shape index (κ2) is 6.43. The van der Waals surface area contributed by atoms with Gasteiger partial charge in [-0.25, -0.2) is 0 Å². The summed E-state index contributed by atoms with van der Waals surface area (Å²) in [4.78, 5) is 0. The number of nitrogens with two attached hydrogens (primary N) is 1. The van der Waals surface area contributed by atoms with Crippen LogP contribution >= 0.6 is 0 Å². The maximum absolute atomic E-state index is 5.80. The van der Waals surface area contributed by atoms with E-state index in [-0.39, 0.29) is 6.04 Å². The second-order valence-corrected chi connectivity index (χ2v) is 4.89. The van der Waals surface area contributed by atoms with Crippen LogP contribution in [0.2, 0.25) is 0 Å². The minimum Gasteiger partial charge on any atom is -0.493 e. The molecule has 0 fully saturated rings. The summed E-state index contributed by atoms with van der Waals surface area (Å²) < 4.78 is 16.2. The van der Waals surface area contributed by atoms with Crippen molar-refractivity contribution in [2.45, 2.75) is 32.9 Å². The highest BCUT2D eigenvalue weighted by atomic mass is 16.5. The molecular weight excluding hydrogens is 256 g/mol. The summed E-state index contributed by atoms with van der Waals surface area (Å²) in [6, 6.07) is 7.79. The van der Waals surface area contributed by atoms with E-state index in [1.165, 1.54) is 0 Å². The normalized spacial score (nSPS) is 12.2. The fourth-order valence-corrected chi connectivity index (χ4v) is 1.96. The highest BCUT2D eigenvalue weighted by Gasteiger charge is 2.09. The maximum atomic E-state index is 5.80. The molecule has 20 heavy (non-hydrogen) atoms. The zero-order valence-electron chi connectivity index (χ0n) is 12.1. The van der Waals surface area contributed by atoms with Gasteiger partial charge in [0, 0.05) is 12.1 Å². The first-order valence-corrected chi connectivity index (χ1v) is 6.56. The SMILES string of the molecule is COc1cc(CC(C)N)ccc1OCc1cc(C)no1. The van der Waals surface area contributed by atoms with Crippen LogP contribution < -0.4 is 15.2 Å². The van der Waals surface area contributed by atoms with Crippen LogP contribution in [-0.4, -0.2) is 18.3 Å². The van der Waals surface area contributed by atoms with Crippen molar-refractivity contribution in [3.05, 3.63) is 41.3 Å². The van der Waals surface area contributed by atoms with Crippen molar-refractivity contribution in [2.75, 3.05) is 7.11 Å². The van der Waals surface area contributed by atoms with Crippen molar-refractivity contribution >= 4 is 0 Å². The molecule has 0 aliphatic rings. The molecule has 2 rings (SSSR count). The minimum atomic E-state index is 0.114. The third kappa shape index (κ3) is 3.74. The van der Waals surface area contributed by atoms with Gasteiger partial charge in [0.15, 0.2) is 17.3 Å². The molecule has 1 aromatic heterocycles. The van der Waals surface area contributed by atoms with E-state index in [0.29, 0.717) is 23.9 Å². The molecule has 1 aromatic carbocycles. The quantitative estimate of drug-likeness (QED) is 0.877. The first-order chi connectivity index (χ1) is 9.58. The van der Waals surface area contributed by atoms with E-state index in [1.807, 2.05) is 38.1 Å². The molecule has 1 heterocycles. The van der Waals surface area contributed by atoms with Gasteiger partial charge in [-0.05, 0) is 38.0 Å². The lowest BCUT2D eigenvalue weighted by Gasteiger charge is -2.12. The number of rotatable bonds is 6. The Morgan fingerprint density at radius 2 is 2.10 bits per heavy atom. The van der Waals surface area contributed by atoms with Crippen LogP contribution in [-0.2, 0) is 13.0 Å². The number of hydrogen-bond donors (Lipinski definition) is 1. The Morgan fingerprint density at radius 1 is 1.30 bits per heavy atom. The summed E-state index contributed by atoms with van der Waals surface area (Å²) in [5.74, 6) is 2.05. The van der Waals surface area contributed by atoms with E-state index < -0.39 is 0 Å². The fraction of sp³-hybridized carbons (Fsp3) is 0.400. The number of benzene rings is 1. The van der Waals surface area contributed by atoms with Gasteiger partial charge >= 0.3 is 0 Å². The van der Waals surface area contributed by atoms with Gasteiger partial charge in [-0.3, -0.25) is 0 Å². The Kier molecular flexibility index (Phi) is 4.63. The molecule has 2 aromatic rings. The molecule has 0 amide bonds. The van der Waals surface area contributed by atoms with Gasteiger partial charge in [-0.1, -0.05) is 11.2 Å². The summed E-state index contributed by atoms with van der Waals surface area (Å²) in [6.45, 7) is 4.17. The van der Waals surface area contributed by atoms with Gasteiger partial charge in [0.05, 0.1) is 12.8 Å². The molecule has 0 aliphatic heterocycles. The van der Waals surface area contributed by atoms with E-state index in [1.54, 1.807) is 7.11 Å². The lowest BCUT2D eigenvalue weighted by molar-refractivity contribution is 0.238. The molecule has 0 bridgehead atoms. The second-order valence-electron chi connectivity index (χ2n) is 4.89. The van der Waals surface area contributed by atoms with Crippen LogP contribution in [0, 0.1) is 6.92 Å². The Hall–Kier alpha value is -2.01. The van der Waals surface area contributed by atoms with Crippen molar-refractivity contribution in [3.63, 3.8) is 0 Å². The van der Waals surface area contributed by atoms with E-state index in [0.717, 1.165) is 17.7 Å². The zero-order chi connectivity index (χ0) is 14.5. The summed E-state index contributed by atoms with van der Waals surface area (Å²) >= 11 is 0. The Bertz CT molecular complexity index is 564. The van der Waals surface area contributed by atoms with Gasteiger partial charge in [0.1, 0.15) is 6.61 Å². The van der Waals surface area contributed by atoms with Crippen LogP contribution in [0.4, 0.5) is 0 Å². The zero-order valence-corrected chi connectivity index (χ0v) is 12.1. The molecule has 0 aliphatic carbocycles. The van der Waals surface area contributed by atoms with E-state index in [4.69, 9.17) is 19.7 Å². The molecule has 0 spiro atoms. The predicted molar refractivity (Wildman–Crippen MR) is 75.9 cm³/mol. The van der Waals surface area contributed by atoms with Crippen LogP contribution in [0.3, 0.4) is 0 Å². The number of methoxy groups -OCH3 is 1. The van der Waals surface area contributed by atoms with Crippen molar-refractivity contribution in [1.82, 2.24) is 5.16 Å². The summed E-state index contributed by atoms with van der Waals surface area (Å²) in [6.07, 6.45) is 0.804.